The van der Waals surface area contributed by atoms with Crippen LogP contribution in [0.3, 0.4) is 0 Å². The SMILES string of the molecule is CC1CN(C(=O)c2ccc(S(=O)(=O)N(C)C)cc2)CCN1Cc1ccccc1. The minimum absolute atomic E-state index is 0.0555. The van der Waals surface area contributed by atoms with Crippen LogP contribution in [0, 0.1) is 0 Å². The van der Waals surface area contributed by atoms with Crippen LogP contribution in [-0.2, 0) is 16.6 Å². The first-order valence-corrected chi connectivity index (χ1v) is 10.8. The average Bonchev–Trinajstić information content (AvgIpc) is 2.69. The number of carbonyl (C=O) groups excluding carboxylic acids is 1. The van der Waals surface area contributed by atoms with Crippen molar-refractivity contribution in [1.82, 2.24) is 14.1 Å². The van der Waals surface area contributed by atoms with Crippen LogP contribution in [0.2, 0.25) is 0 Å². The Balaban J connectivity index is 1.64. The van der Waals surface area contributed by atoms with Crippen LogP contribution in [0.25, 0.3) is 0 Å². The van der Waals surface area contributed by atoms with E-state index in [1.54, 1.807) is 12.1 Å². The van der Waals surface area contributed by atoms with Gasteiger partial charge in [0.1, 0.15) is 0 Å². The highest BCUT2D eigenvalue weighted by atomic mass is 32.2. The van der Waals surface area contributed by atoms with Crippen molar-refractivity contribution in [2.45, 2.75) is 24.4 Å². The van der Waals surface area contributed by atoms with E-state index in [9.17, 15) is 13.2 Å². The lowest BCUT2D eigenvalue weighted by Gasteiger charge is -2.40. The average molecular weight is 402 g/mol. The first-order valence-electron chi connectivity index (χ1n) is 9.39. The highest BCUT2D eigenvalue weighted by Crippen LogP contribution is 2.18. The topological polar surface area (TPSA) is 60.9 Å². The van der Waals surface area contributed by atoms with Gasteiger partial charge >= 0.3 is 0 Å². The van der Waals surface area contributed by atoms with E-state index in [2.05, 4.69) is 24.0 Å². The van der Waals surface area contributed by atoms with Gasteiger partial charge < -0.3 is 4.90 Å². The molecule has 1 saturated heterocycles. The molecule has 3 rings (SSSR count). The van der Waals surface area contributed by atoms with Crippen LogP contribution in [0.1, 0.15) is 22.8 Å². The van der Waals surface area contributed by atoms with Crippen LogP contribution in [0.5, 0.6) is 0 Å². The maximum Gasteiger partial charge on any atom is 0.253 e. The summed E-state index contributed by atoms with van der Waals surface area (Å²) < 4.78 is 25.5. The molecule has 0 aliphatic carbocycles. The number of rotatable bonds is 5. The lowest BCUT2D eigenvalue weighted by Crippen LogP contribution is -2.53. The summed E-state index contributed by atoms with van der Waals surface area (Å²) >= 11 is 0. The van der Waals surface area contributed by atoms with Crippen LogP contribution in [0.15, 0.2) is 59.5 Å². The molecule has 6 nitrogen and oxygen atoms in total. The Labute approximate surface area is 167 Å². The summed E-state index contributed by atoms with van der Waals surface area (Å²) in [6.45, 7) is 5.14. The molecule has 1 aliphatic heterocycles. The van der Waals surface area contributed by atoms with Crippen molar-refractivity contribution >= 4 is 15.9 Å². The Morgan fingerprint density at radius 2 is 1.68 bits per heavy atom. The maximum absolute atomic E-state index is 12.9. The fourth-order valence-electron chi connectivity index (χ4n) is 3.40. The van der Waals surface area contributed by atoms with E-state index in [4.69, 9.17) is 0 Å². The number of amides is 1. The zero-order valence-electron chi connectivity index (χ0n) is 16.6. The molecule has 7 heteroatoms. The molecule has 1 unspecified atom stereocenters. The van der Waals surface area contributed by atoms with Gasteiger partial charge in [0.25, 0.3) is 5.91 Å². The Hall–Kier alpha value is -2.22. The van der Waals surface area contributed by atoms with Crippen molar-refractivity contribution in [3.8, 4) is 0 Å². The second-order valence-electron chi connectivity index (χ2n) is 7.37. The van der Waals surface area contributed by atoms with Gasteiger partial charge in [-0.1, -0.05) is 30.3 Å². The number of benzene rings is 2. The molecular formula is C21H27N3O3S. The molecule has 0 saturated carbocycles. The van der Waals surface area contributed by atoms with E-state index < -0.39 is 10.0 Å². The predicted octanol–water partition coefficient (Wildman–Crippen LogP) is 2.28. The molecule has 1 amide bonds. The predicted molar refractivity (Wildman–Crippen MR) is 110 cm³/mol. The minimum Gasteiger partial charge on any atom is -0.336 e. The van der Waals surface area contributed by atoms with Crippen molar-refractivity contribution in [2.24, 2.45) is 0 Å². The quantitative estimate of drug-likeness (QED) is 0.771. The van der Waals surface area contributed by atoms with E-state index in [1.807, 2.05) is 23.1 Å². The smallest absolute Gasteiger partial charge is 0.253 e. The molecule has 1 heterocycles. The van der Waals surface area contributed by atoms with Gasteiger partial charge in [0, 0.05) is 51.9 Å². The summed E-state index contributed by atoms with van der Waals surface area (Å²) in [7, 11) is -0.507. The van der Waals surface area contributed by atoms with Gasteiger partial charge in [0.05, 0.1) is 4.90 Å². The van der Waals surface area contributed by atoms with Gasteiger partial charge in [0.2, 0.25) is 10.0 Å². The largest absolute Gasteiger partial charge is 0.336 e. The highest BCUT2D eigenvalue weighted by Gasteiger charge is 2.27. The first-order chi connectivity index (χ1) is 13.3. The van der Waals surface area contributed by atoms with Crippen molar-refractivity contribution in [3.05, 3.63) is 65.7 Å². The Kier molecular flexibility index (Phi) is 6.17. The molecule has 0 bridgehead atoms. The third-order valence-corrected chi connectivity index (χ3v) is 6.99. The Morgan fingerprint density at radius 1 is 1.04 bits per heavy atom. The van der Waals surface area contributed by atoms with E-state index in [-0.39, 0.29) is 16.8 Å². The minimum atomic E-state index is -3.49. The molecule has 1 atom stereocenters. The van der Waals surface area contributed by atoms with Gasteiger partial charge in [-0.3, -0.25) is 9.69 Å². The summed E-state index contributed by atoms with van der Waals surface area (Å²) in [5.41, 5.74) is 1.79. The number of piperazine rings is 1. The fourth-order valence-corrected chi connectivity index (χ4v) is 4.30. The number of sulfonamides is 1. The van der Waals surface area contributed by atoms with E-state index in [1.165, 1.54) is 31.8 Å². The molecule has 0 aromatic heterocycles. The van der Waals surface area contributed by atoms with Gasteiger partial charge in [-0.2, -0.15) is 0 Å². The molecule has 1 fully saturated rings. The molecule has 28 heavy (non-hydrogen) atoms. The zero-order valence-corrected chi connectivity index (χ0v) is 17.4. The summed E-state index contributed by atoms with van der Waals surface area (Å²) in [4.78, 5) is 17.3. The van der Waals surface area contributed by atoms with Crippen molar-refractivity contribution < 1.29 is 13.2 Å². The normalized spacial score (nSPS) is 18.4. The molecule has 2 aromatic rings. The molecule has 0 radical (unpaired) electrons. The summed E-state index contributed by atoms with van der Waals surface area (Å²) in [6, 6.07) is 16.8. The van der Waals surface area contributed by atoms with E-state index >= 15 is 0 Å². The summed E-state index contributed by atoms with van der Waals surface area (Å²) in [6.07, 6.45) is 0. The maximum atomic E-state index is 12.9. The second kappa shape index (κ2) is 8.43. The first kappa shape index (κ1) is 20.5. The summed E-state index contributed by atoms with van der Waals surface area (Å²) in [5, 5.41) is 0. The van der Waals surface area contributed by atoms with Crippen LogP contribution in [-0.4, -0.2) is 68.2 Å². The molecule has 150 valence electrons. The van der Waals surface area contributed by atoms with Crippen LogP contribution in [0.4, 0.5) is 0 Å². The Bertz CT molecular complexity index is 912. The molecule has 0 N–H and O–H groups in total. The van der Waals surface area contributed by atoms with Crippen LogP contribution >= 0.6 is 0 Å². The molecule has 0 spiro atoms. The van der Waals surface area contributed by atoms with Crippen molar-refractivity contribution in [2.75, 3.05) is 33.7 Å². The van der Waals surface area contributed by atoms with Gasteiger partial charge in [-0.25, -0.2) is 12.7 Å². The number of nitrogens with zero attached hydrogens (tertiary/aromatic N) is 3. The van der Waals surface area contributed by atoms with Crippen molar-refractivity contribution in [1.29, 1.82) is 0 Å². The van der Waals surface area contributed by atoms with E-state index in [0.717, 1.165) is 17.4 Å². The monoisotopic (exact) mass is 401 g/mol. The lowest BCUT2D eigenvalue weighted by atomic mass is 10.1. The highest BCUT2D eigenvalue weighted by molar-refractivity contribution is 7.89. The molecular weight excluding hydrogens is 374 g/mol. The standard InChI is InChI=1S/C21H27N3O3S/c1-17-15-24(14-13-23(17)16-18-7-5-4-6-8-18)21(25)19-9-11-20(12-10-19)28(26,27)22(2)3/h4-12,17H,13-16H2,1-3H3. The fraction of sp³-hybridized carbons (Fsp3) is 0.381. The third-order valence-electron chi connectivity index (χ3n) is 5.16. The second-order valence-corrected chi connectivity index (χ2v) is 9.52. The number of hydrogen-bond acceptors (Lipinski definition) is 4. The Morgan fingerprint density at radius 3 is 2.25 bits per heavy atom. The van der Waals surface area contributed by atoms with Gasteiger partial charge in [-0.05, 0) is 36.8 Å². The van der Waals surface area contributed by atoms with Gasteiger partial charge in [-0.15, -0.1) is 0 Å². The third kappa shape index (κ3) is 4.43. The molecule has 2 aromatic carbocycles. The van der Waals surface area contributed by atoms with E-state index in [0.29, 0.717) is 18.7 Å². The number of carbonyl (C=O) groups is 1. The van der Waals surface area contributed by atoms with Crippen LogP contribution < -0.4 is 0 Å². The zero-order chi connectivity index (χ0) is 20.3. The lowest BCUT2D eigenvalue weighted by molar-refractivity contribution is 0.0495. The number of hydrogen-bond donors (Lipinski definition) is 0. The summed E-state index contributed by atoms with van der Waals surface area (Å²) in [5.74, 6) is -0.0555. The van der Waals surface area contributed by atoms with Crippen molar-refractivity contribution in [3.63, 3.8) is 0 Å². The molecule has 1 aliphatic rings. The van der Waals surface area contributed by atoms with Gasteiger partial charge in [0.15, 0.2) is 0 Å².